The van der Waals surface area contributed by atoms with Gasteiger partial charge in [-0.1, -0.05) is 72.8 Å². The maximum atomic E-state index is 6.38. The van der Waals surface area contributed by atoms with Crippen LogP contribution in [0.3, 0.4) is 0 Å². The summed E-state index contributed by atoms with van der Waals surface area (Å²) in [5.74, 6) is 0. The maximum Gasteiger partial charge on any atom is 0.137 e. The Balaban J connectivity index is 1.28. The van der Waals surface area contributed by atoms with Crippen LogP contribution in [0.1, 0.15) is 0 Å². The van der Waals surface area contributed by atoms with E-state index >= 15 is 0 Å². The molecule has 0 fully saturated rings. The lowest BCUT2D eigenvalue weighted by atomic mass is 10.1. The second-order valence-corrected chi connectivity index (χ2v) is 13.3. The molecular formula is C39H22N2OS2. The molecule has 0 aliphatic carbocycles. The van der Waals surface area contributed by atoms with E-state index in [-0.39, 0.29) is 0 Å². The van der Waals surface area contributed by atoms with Crippen molar-refractivity contribution < 1.29 is 4.42 Å². The first-order chi connectivity index (χ1) is 21.8. The van der Waals surface area contributed by atoms with Crippen LogP contribution in [0.4, 0.5) is 17.1 Å². The van der Waals surface area contributed by atoms with Crippen LogP contribution in [-0.4, -0.2) is 4.98 Å². The minimum Gasteiger partial charge on any atom is -0.456 e. The SMILES string of the molecule is c1ccc2c(c1)ccc1c3cncc(N(c4ccc5c(c4)oc4ccccc45)c4ccc5sc6ccccc6c5c4)c3sc21. The first kappa shape index (κ1) is 24.2. The number of nitrogens with zero attached hydrogens (tertiary/aromatic N) is 2. The second kappa shape index (κ2) is 9.13. The highest BCUT2D eigenvalue weighted by atomic mass is 32.1. The molecule has 6 aromatic carbocycles. The summed E-state index contributed by atoms with van der Waals surface area (Å²) >= 11 is 3.69. The number of para-hydroxylation sites is 1. The number of benzene rings is 6. The third kappa shape index (κ3) is 3.45. The van der Waals surface area contributed by atoms with Gasteiger partial charge in [-0.15, -0.1) is 22.7 Å². The van der Waals surface area contributed by atoms with Crippen molar-refractivity contribution in [3.05, 3.63) is 134 Å². The highest BCUT2D eigenvalue weighted by molar-refractivity contribution is 7.27. The van der Waals surface area contributed by atoms with Crippen molar-refractivity contribution in [1.82, 2.24) is 4.98 Å². The number of aromatic nitrogens is 1. The third-order valence-electron chi connectivity index (χ3n) is 8.73. The number of anilines is 3. The molecule has 0 bridgehead atoms. The van der Waals surface area contributed by atoms with Crippen molar-refractivity contribution in [2.45, 2.75) is 0 Å². The fraction of sp³-hybridized carbons (Fsp3) is 0. The Morgan fingerprint density at radius 2 is 1.20 bits per heavy atom. The van der Waals surface area contributed by atoms with Crippen LogP contribution >= 0.6 is 22.7 Å². The molecule has 0 atom stereocenters. The average molecular weight is 599 g/mol. The summed E-state index contributed by atoms with van der Waals surface area (Å²) in [4.78, 5) is 7.18. The van der Waals surface area contributed by atoms with Gasteiger partial charge in [-0.2, -0.15) is 0 Å². The summed E-state index contributed by atoms with van der Waals surface area (Å²) in [5.41, 5.74) is 4.96. The smallest absolute Gasteiger partial charge is 0.137 e. The molecule has 0 aliphatic heterocycles. The molecule has 44 heavy (non-hydrogen) atoms. The molecule has 0 saturated heterocycles. The fourth-order valence-electron chi connectivity index (χ4n) is 6.70. The number of pyridine rings is 1. The van der Waals surface area contributed by atoms with E-state index in [2.05, 4.69) is 114 Å². The summed E-state index contributed by atoms with van der Waals surface area (Å²) in [7, 11) is 0. The van der Waals surface area contributed by atoms with Crippen LogP contribution in [0.25, 0.3) is 73.1 Å². The van der Waals surface area contributed by atoms with Crippen LogP contribution in [0.2, 0.25) is 0 Å². The zero-order chi connectivity index (χ0) is 28.8. The van der Waals surface area contributed by atoms with Crippen molar-refractivity contribution in [2.24, 2.45) is 0 Å². The van der Waals surface area contributed by atoms with E-state index in [9.17, 15) is 0 Å². The summed E-state index contributed by atoms with van der Waals surface area (Å²) < 4.78 is 11.5. The lowest BCUT2D eigenvalue weighted by Crippen LogP contribution is -2.10. The van der Waals surface area contributed by atoms with E-state index in [1.54, 1.807) is 0 Å². The molecule has 3 nitrogen and oxygen atoms in total. The number of hydrogen-bond acceptors (Lipinski definition) is 5. The van der Waals surface area contributed by atoms with Crippen LogP contribution in [0.5, 0.6) is 0 Å². The predicted octanol–water partition coefficient (Wildman–Crippen LogP) is 12.3. The Labute approximate surface area is 259 Å². The van der Waals surface area contributed by atoms with Crippen molar-refractivity contribution in [3.63, 3.8) is 0 Å². The minimum absolute atomic E-state index is 0.873. The zero-order valence-electron chi connectivity index (χ0n) is 23.3. The van der Waals surface area contributed by atoms with Gasteiger partial charge >= 0.3 is 0 Å². The second-order valence-electron chi connectivity index (χ2n) is 11.2. The molecule has 5 heteroatoms. The van der Waals surface area contributed by atoms with E-state index in [1.807, 2.05) is 47.2 Å². The molecule has 0 saturated carbocycles. The molecule has 10 rings (SSSR count). The Morgan fingerprint density at radius 3 is 2.16 bits per heavy atom. The van der Waals surface area contributed by atoms with Crippen molar-refractivity contribution >= 4 is 113 Å². The fourth-order valence-corrected chi connectivity index (χ4v) is 9.09. The van der Waals surface area contributed by atoms with E-state index in [1.165, 1.54) is 51.1 Å². The van der Waals surface area contributed by atoms with Gasteiger partial charge in [0.15, 0.2) is 0 Å². The predicted molar refractivity (Wildman–Crippen MR) is 189 cm³/mol. The molecule has 10 aromatic rings. The average Bonchev–Trinajstić information content (AvgIpc) is 3.76. The van der Waals surface area contributed by atoms with Gasteiger partial charge in [-0.25, -0.2) is 0 Å². The van der Waals surface area contributed by atoms with Gasteiger partial charge in [-0.05, 0) is 53.2 Å². The summed E-state index contributed by atoms with van der Waals surface area (Å²) in [6.45, 7) is 0. The Bertz CT molecular complexity index is 2750. The number of thiophene rings is 2. The monoisotopic (exact) mass is 598 g/mol. The van der Waals surface area contributed by atoms with Crippen LogP contribution in [-0.2, 0) is 0 Å². The summed E-state index contributed by atoms with van der Waals surface area (Å²) in [6, 6.07) is 43.4. The summed E-state index contributed by atoms with van der Waals surface area (Å²) in [6.07, 6.45) is 4.03. The van der Waals surface area contributed by atoms with Crippen molar-refractivity contribution in [2.75, 3.05) is 4.90 Å². The number of fused-ring (bicyclic) bond motifs is 11. The first-order valence-electron chi connectivity index (χ1n) is 14.6. The molecule has 0 unspecified atom stereocenters. The van der Waals surface area contributed by atoms with Crippen molar-refractivity contribution in [1.29, 1.82) is 0 Å². The highest BCUT2D eigenvalue weighted by Crippen LogP contribution is 2.47. The Kier molecular flexibility index (Phi) is 5.03. The van der Waals surface area contributed by atoms with Gasteiger partial charge < -0.3 is 9.32 Å². The third-order valence-corrected chi connectivity index (χ3v) is 11.2. The minimum atomic E-state index is 0.873. The van der Waals surface area contributed by atoms with Crippen LogP contribution in [0, 0.1) is 0 Å². The molecule has 0 amide bonds. The van der Waals surface area contributed by atoms with Gasteiger partial charge in [0, 0.05) is 70.1 Å². The van der Waals surface area contributed by atoms with Crippen molar-refractivity contribution in [3.8, 4) is 0 Å². The summed E-state index contributed by atoms with van der Waals surface area (Å²) in [5, 5.41) is 9.74. The molecule has 4 heterocycles. The van der Waals surface area contributed by atoms with Gasteiger partial charge in [0.2, 0.25) is 0 Å². The molecule has 0 N–H and O–H groups in total. The lowest BCUT2D eigenvalue weighted by Gasteiger charge is -2.25. The van der Waals surface area contributed by atoms with E-state index in [4.69, 9.17) is 9.40 Å². The first-order valence-corrected chi connectivity index (χ1v) is 16.2. The zero-order valence-corrected chi connectivity index (χ0v) is 25.0. The Hall–Kier alpha value is -5.23. The largest absolute Gasteiger partial charge is 0.456 e. The van der Waals surface area contributed by atoms with Crippen LogP contribution in [0.15, 0.2) is 138 Å². The standard InChI is InChI=1S/C39H22N2OS2/c1-2-8-26-23(7-1)13-16-30-32-21-40-22-33(39(32)44-38(26)30)41(24-15-18-37-31(19-24)29-10-4-6-12-36(29)43-37)25-14-17-28-27-9-3-5-11-34(27)42-35(28)20-25/h1-22H. The maximum absolute atomic E-state index is 6.38. The molecule has 0 aliphatic rings. The molecule has 4 aromatic heterocycles. The molecule has 206 valence electrons. The Morgan fingerprint density at radius 1 is 0.477 bits per heavy atom. The van der Waals surface area contributed by atoms with E-state index < -0.39 is 0 Å². The topological polar surface area (TPSA) is 29.3 Å². The quantitative estimate of drug-likeness (QED) is 0.203. The lowest BCUT2D eigenvalue weighted by molar-refractivity contribution is 0.669. The van der Waals surface area contributed by atoms with Gasteiger partial charge in [-0.3, -0.25) is 4.98 Å². The van der Waals surface area contributed by atoms with Crippen LogP contribution < -0.4 is 4.90 Å². The molecular weight excluding hydrogens is 577 g/mol. The number of furan rings is 1. The molecule has 0 radical (unpaired) electrons. The van der Waals surface area contributed by atoms with E-state index in [0.29, 0.717) is 0 Å². The number of hydrogen-bond donors (Lipinski definition) is 0. The van der Waals surface area contributed by atoms with Gasteiger partial charge in [0.1, 0.15) is 11.2 Å². The van der Waals surface area contributed by atoms with E-state index in [0.717, 1.165) is 39.0 Å². The van der Waals surface area contributed by atoms with Gasteiger partial charge in [0.05, 0.1) is 16.6 Å². The number of rotatable bonds is 3. The highest BCUT2D eigenvalue weighted by Gasteiger charge is 2.21. The normalized spacial score (nSPS) is 12.1. The molecule has 0 spiro atoms. The van der Waals surface area contributed by atoms with Gasteiger partial charge in [0.25, 0.3) is 0 Å².